The standard InChI is InChI=1S/C18H21N7O.HI/c1-20-18(21-10-15-5-3-4-14(8-15)9-19)24-6-7-25(17(26)13-24)16-11-22-23(2)12-16;/h3-5,8,11-12H,6-7,10,13H2,1-2H3,(H,20,21);1H. The Bertz CT molecular complexity index is 871. The first-order chi connectivity index (χ1) is 12.6. The molecule has 0 saturated carbocycles. The number of aryl methyl sites for hydroxylation is 1. The van der Waals surface area contributed by atoms with Gasteiger partial charge in [0.15, 0.2) is 5.96 Å². The van der Waals surface area contributed by atoms with Crippen LogP contribution in [0.15, 0.2) is 41.7 Å². The maximum atomic E-state index is 12.5. The first kappa shape index (κ1) is 20.7. The highest BCUT2D eigenvalue weighted by Crippen LogP contribution is 2.16. The Morgan fingerprint density at radius 3 is 2.85 bits per heavy atom. The molecule has 0 spiro atoms. The maximum Gasteiger partial charge on any atom is 0.246 e. The molecule has 1 N–H and O–H groups in total. The highest BCUT2D eigenvalue weighted by Gasteiger charge is 2.27. The van der Waals surface area contributed by atoms with E-state index in [9.17, 15) is 4.79 Å². The molecular formula is C18H22IN7O. The zero-order valence-electron chi connectivity index (χ0n) is 15.3. The van der Waals surface area contributed by atoms with E-state index in [0.717, 1.165) is 11.3 Å². The average molecular weight is 479 g/mol. The number of carbonyl (C=O) groups excluding carboxylic acids is 1. The lowest BCUT2D eigenvalue weighted by molar-refractivity contribution is -0.120. The Morgan fingerprint density at radius 1 is 1.41 bits per heavy atom. The van der Waals surface area contributed by atoms with E-state index < -0.39 is 0 Å². The third kappa shape index (κ3) is 4.97. The van der Waals surface area contributed by atoms with Gasteiger partial charge >= 0.3 is 0 Å². The molecule has 0 radical (unpaired) electrons. The number of nitrogens with zero attached hydrogens (tertiary/aromatic N) is 6. The highest BCUT2D eigenvalue weighted by atomic mass is 127. The summed E-state index contributed by atoms with van der Waals surface area (Å²) in [5.41, 5.74) is 2.43. The fourth-order valence-electron chi connectivity index (χ4n) is 2.94. The Hall–Kier alpha value is -2.61. The third-order valence-corrected chi connectivity index (χ3v) is 4.24. The van der Waals surface area contributed by atoms with Gasteiger partial charge < -0.3 is 15.1 Å². The predicted molar refractivity (Wildman–Crippen MR) is 114 cm³/mol. The molecule has 27 heavy (non-hydrogen) atoms. The van der Waals surface area contributed by atoms with Crippen molar-refractivity contribution >= 4 is 41.5 Å². The minimum Gasteiger partial charge on any atom is -0.352 e. The molecule has 0 bridgehead atoms. The zero-order chi connectivity index (χ0) is 18.5. The molecule has 2 aromatic rings. The van der Waals surface area contributed by atoms with Crippen LogP contribution in [0.5, 0.6) is 0 Å². The number of amides is 1. The largest absolute Gasteiger partial charge is 0.352 e. The second-order valence-electron chi connectivity index (χ2n) is 6.05. The summed E-state index contributed by atoms with van der Waals surface area (Å²) >= 11 is 0. The van der Waals surface area contributed by atoms with Crippen LogP contribution in [-0.2, 0) is 18.4 Å². The summed E-state index contributed by atoms with van der Waals surface area (Å²) < 4.78 is 1.69. The molecule has 1 saturated heterocycles. The minimum absolute atomic E-state index is 0. The van der Waals surface area contributed by atoms with Crippen molar-refractivity contribution in [2.24, 2.45) is 12.0 Å². The normalized spacial score (nSPS) is 14.6. The molecule has 0 atom stereocenters. The maximum absolute atomic E-state index is 12.5. The summed E-state index contributed by atoms with van der Waals surface area (Å²) in [7, 11) is 3.53. The molecule has 3 rings (SSSR count). The topological polar surface area (TPSA) is 89.6 Å². The number of piperazine rings is 1. The molecule has 0 unspecified atom stereocenters. The molecule has 142 valence electrons. The lowest BCUT2D eigenvalue weighted by Crippen LogP contribution is -2.55. The fraction of sp³-hybridized carbons (Fsp3) is 0.333. The summed E-state index contributed by atoms with van der Waals surface area (Å²) in [6.45, 7) is 2.06. The predicted octanol–water partition coefficient (Wildman–Crippen LogP) is 1.33. The molecule has 1 aliphatic heterocycles. The fourth-order valence-corrected chi connectivity index (χ4v) is 2.94. The molecule has 9 heteroatoms. The van der Waals surface area contributed by atoms with Crippen LogP contribution in [-0.4, -0.2) is 53.2 Å². The molecular weight excluding hydrogens is 457 g/mol. The van der Waals surface area contributed by atoms with Crippen LogP contribution in [0, 0.1) is 11.3 Å². The third-order valence-electron chi connectivity index (χ3n) is 4.24. The van der Waals surface area contributed by atoms with Crippen LogP contribution < -0.4 is 10.2 Å². The second-order valence-corrected chi connectivity index (χ2v) is 6.05. The van der Waals surface area contributed by atoms with Gasteiger partial charge in [0.05, 0.1) is 23.5 Å². The minimum atomic E-state index is 0. The molecule has 1 aliphatic rings. The Kier molecular flexibility index (Phi) is 7.18. The zero-order valence-corrected chi connectivity index (χ0v) is 17.6. The molecule has 1 amide bonds. The SMILES string of the molecule is CN=C(NCc1cccc(C#N)c1)N1CCN(c2cnn(C)c2)C(=O)C1.I. The Balaban J connectivity index is 0.00000261. The van der Waals surface area contributed by atoms with E-state index in [1.54, 1.807) is 28.9 Å². The number of hydrogen-bond donors (Lipinski definition) is 1. The number of halogens is 1. The van der Waals surface area contributed by atoms with Crippen LogP contribution in [0.4, 0.5) is 5.69 Å². The van der Waals surface area contributed by atoms with Crippen molar-refractivity contribution in [2.45, 2.75) is 6.54 Å². The van der Waals surface area contributed by atoms with Gasteiger partial charge in [0, 0.05) is 39.9 Å². The van der Waals surface area contributed by atoms with E-state index in [2.05, 4.69) is 21.5 Å². The first-order valence-corrected chi connectivity index (χ1v) is 8.34. The van der Waals surface area contributed by atoms with Gasteiger partial charge in [-0.1, -0.05) is 12.1 Å². The molecule has 2 heterocycles. The monoisotopic (exact) mass is 479 g/mol. The number of rotatable bonds is 3. The average Bonchev–Trinajstić information content (AvgIpc) is 3.08. The van der Waals surface area contributed by atoms with Gasteiger partial charge in [0.25, 0.3) is 0 Å². The highest BCUT2D eigenvalue weighted by molar-refractivity contribution is 14.0. The van der Waals surface area contributed by atoms with Crippen LogP contribution in [0.3, 0.4) is 0 Å². The van der Waals surface area contributed by atoms with Gasteiger partial charge in [-0.3, -0.25) is 14.5 Å². The summed E-state index contributed by atoms with van der Waals surface area (Å²) in [5.74, 6) is 0.685. The van der Waals surface area contributed by atoms with Gasteiger partial charge in [0.2, 0.25) is 5.91 Å². The number of nitriles is 1. The number of aromatic nitrogens is 2. The Labute approximate surface area is 175 Å². The van der Waals surface area contributed by atoms with Crippen molar-refractivity contribution in [3.05, 3.63) is 47.8 Å². The van der Waals surface area contributed by atoms with Crippen molar-refractivity contribution in [2.75, 3.05) is 31.6 Å². The van der Waals surface area contributed by atoms with E-state index in [1.807, 2.05) is 36.3 Å². The summed E-state index contributed by atoms with van der Waals surface area (Å²) in [6.07, 6.45) is 3.53. The summed E-state index contributed by atoms with van der Waals surface area (Å²) in [6, 6.07) is 9.55. The lowest BCUT2D eigenvalue weighted by atomic mass is 10.1. The summed E-state index contributed by atoms with van der Waals surface area (Å²) in [5, 5.41) is 16.4. The van der Waals surface area contributed by atoms with Crippen molar-refractivity contribution in [1.29, 1.82) is 5.26 Å². The Morgan fingerprint density at radius 2 is 2.22 bits per heavy atom. The number of carbonyl (C=O) groups is 1. The molecule has 1 aromatic heterocycles. The number of guanidine groups is 1. The number of anilines is 1. The molecule has 0 aliphatic carbocycles. The van der Waals surface area contributed by atoms with Crippen molar-refractivity contribution < 1.29 is 4.79 Å². The molecule has 1 aromatic carbocycles. The van der Waals surface area contributed by atoms with Gasteiger partial charge in [-0.25, -0.2) is 0 Å². The van der Waals surface area contributed by atoms with Crippen LogP contribution in [0.25, 0.3) is 0 Å². The van der Waals surface area contributed by atoms with Crippen LogP contribution in [0.1, 0.15) is 11.1 Å². The van der Waals surface area contributed by atoms with Crippen molar-refractivity contribution in [3.63, 3.8) is 0 Å². The first-order valence-electron chi connectivity index (χ1n) is 8.34. The van der Waals surface area contributed by atoms with Gasteiger partial charge in [0.1, 0.15) is 6.54 Å². The number of hydrogen-bond acceptors (Lipinski definition) is 4. The van der Waals surface area contributed by atoms with E-state index in [0.29, 0.717) is 31.2 Å². The van der Waals surface area contributed by atoms with Gasteiger partial charge in [-0.05, 0) is 17.7 Å². The van der Waals surface area contributed by atoms with E-state index in [4.69, 9.17) is 5.26 Å². The second kappa shape index (κ2) is 9.36. The van der Waals surface area contributed by atoms with E-state index >= 15 is 0 Å². The van der Waals surface area contributed by atoms with Gasteiger partial charge in [-0.15, -0.1) is 24.0 Å². The van der Waals surface area contributed by atoms with Crippen molar-refractivity contribution in [1.82, 2.24) is 20.0 Å². The van der Waals surface area contributed by atoms with Gasteiger partial charge in [-0.2, -0.15) is 10.4 Å². The van der Waals surface area contributed by atoms with Crippen LogP contribution >= 0.6 is 24.0 Å². The van der Waals surface area contributed by atoms with E-state index in [1.165, 1.54) is 0 Å². The van der Waals surface area contributed by atoms with Crippen molar-refractivity contribution in [3.8, 4) is 6.07 Å². The number of benzene rings is 1. The summed E-state index contributed by atoms with van der Waals surface area (Å²) in [4.78, 5) is 20.5. The smallest absolute Gasteiger partial charge is 0.246 e. The number of aliphatic imine (C=N–C) groups is 1. The molecule has 1 fully saturated rings. The number of nitrogens with one attached hydrogen (secondary N) is 1. The quantitative estimate of drug-likeness (QED) is 0.408. The molecule has 8 nitrogen and oxygen atoms in total. The lowest BCUT2D eigenvalue weighted by Gasteiger charge is -2.35. The van der Waals surface area contributed by atoms with Crippen LogP contribution in [0.2, 0.25) is 0 Å². The van der Waals surface area contributed by atoms with E-state index in [-0.39, 0.29) is 36.4 Å².